The van der Waals surface area contributed by atoms with Crippen molar-refractivity contribution in [3.05, 3.63) is 0 Å². The van der Waals surface area contributed by atoms with Gasteiger partial charge >= 0.3 is 0 Å². The van der Waals surface area contributed by atoms with Gasteiger partial charge in [-0.15, -0.1) is 0 Å². The lowest BCUT2D eigenvalue weighted by atomic mass is 10.0. The van der Waals surface area contributed by atoms with Crippen LogP contribution in [0.2, 0.25) is 0 Å². The van der Waals surface area contributed by atoms with E-state index in [2.05, 4.69) is 31.9 Å². The van der Waals surface area contributed by atoms with E-state index >= 15 is 0 Å². The van der Waals surface area contributed by atoms with Crippen molar-refractivity contribution in [3.8, 4) is 0 Å². The Morgan fingerprint density at radius 1 is 0.750 bits per heavy atom. The third-order valence-corrected chi connectivity index (χ3v) is 6.61. The summed E-state index contributed by atoms with van der Waals surface area (Å²) >= 11 is 7.64. The van der Waals surface area contributed by atoms with Gasteiger partial charge in [0.2, 0.25) is 0 Å². The van der Waals surface area contributed by atoms with Crippen LogP contribution in [0, 0.1) is 23.7 Å². The van der Waals surface area contributed by atoms with Crippen LogP contribution in [0.1, 0.15) is 25.7 Å². The number of hydrogen-bond donors (Lipinski definition) is 0. The highest BCUT2D eigenvalue weighted by Gasteiger charge is 2.64. The van der Waals surface area contributed by atoms with Gasteiger partial charge < -0.3 is 0 Å². The molecule has 3 fully saturated rings. The summed E-state index contributed by atoms with van der Waals surface area (Å²) in [6.45, 7) is 0. The lowest BCUT2D eigenvalue weighted by Gasteiger charge is -2.04. The second kappa shape index (κ2) is 2.73. The number of fused-ring (bicyclic) bond motifs is 3. The zero-order valence-electron chi connectivity index (χ0n) is 7.05. The van der Waals surface area contributed by atoms with E-state index in [1.807, 2.05) is 0 Å². The van der Waals surface area contributed by atoms with Crippen molar-refractivity contribution in [1.82, 2.24) is 0 Å². The molecule has 0 N–H and O–H groups in total. The fraction of sp³-hybridized carbons (Fsp3) is 1.00. The van der Waals surface area contributed by atoms with Crippen LogP contribution in [0.3, 0.4) is 0 Å². The van der Waals surface area contributed by atoms with Crippen molar-refractivity contribution in [3.63, 3.8) is 0 Å². The van der Waals surface area contributed by atoms with E-state index in [-0.39, 0.29) is 0 Å². The lowest BCUT2D eigenvalue weighted by molar-refractivity contribution is 0.467. The van der Waals surface area contributed by atoms with Crippen LogP contribution in [0.15, 0.2) is 0 Å². The van der Waals surface area contributed by atoms with Crippen molar-refractivity contribution in [2.75, 3.05) is 0 Å². The molecule has 0 radical (unpaired) electrons. The van der Waals surface area contributed by atoms with E-state index in [4.69, 9.17) is 0 Å². The Bertz CT molecular complexity index is 182. The Balaban J connectivity index is 1.76. The molecule has 2 heteroatoms. The Morgan fingerprint density at radius 2 is 1.17 bits per heavy atom. The van der Waals surface area contributed by atoms with Crippen LogP contribution >= 0.6 is 31.9 Å². The maximum Gasteiger partial charge on any atom is 0.0211 e. The molecule has 12 heavy (non-hydrogen) atoms. The quantitative estimate of drug-likeness (QED) is 0.599. The van der Waals surface area contributed by atoms with Crippen molar-refractivity contribution in [2.45, 2.75) is 35.3 Å². The Kier molecular flexibility index (Phi) is 1.88. The van der Waals surface area contributed by atoms with Gasteiger partial charge in [0.05, 0.1) is 0 Å². The van der Waals surface area contributed by atoms with Gasteiger partial charge in [-0.25, -0.2) is 0 Å². The molecular formula is C10H14Br2. The van der Waals surface area contributed by atoms with E-state index in [1.165, 1.54) is 25.7 Å². The van der Waals surface area contributed by atoms with Crippen LogP contribution in [0.5, 0.6) is 0 Å². The van der Waals surface area contributed by atoms with E-state index in [1.54, 1.807) is 0 Å². The van der Waals surface area contributed by atoms with Gasteiger partial charge in [0, 0.05) is 9.65 Å². The average Bonchev–Trinajstić information content (AvgIpc) is 2.77. The number of hydrogen-bond acceptors (Lipinski definition) is 0. The predicted octanol–water partition coefficient (Wildman–Crippen LogP) is 3.58. The molecule has 0 aromatic carbocycles. The van der Waals surface area contributed by atoms with Crippen molar-refractivity contribution < 1.29 is 0 Å². The largest absolute Gasteiger partial charge is 0.0884 e. The summed E-state index contributed by atoms with van der Waals surface area (Å²) < 4.78 is 0. The first-order valence-corrected chi connectivity index (χ1v) is 6.92. The molecule has 0 amide bonds. The van der Waals surface area contributed by atoms with Crippen LogP contribution in [0.25, 0.3) is 0 Å². The van der Waals surface area contributed by atoms with E-state index in [9.17, 15) is 0 Å². The normalized spacial score (nSPS) is 62.5. The Morgan fingerprint density at radius 3 is 1.58 bits per heavy atom. The summed E-state index contributed by atoms with van der Waals surface area (Å²) in [7, 11) is 0. The monoisotopic (exact) mass is 292 g/mol. The molecule has 0 aromatic heterocycles. The molecule has 6 atom stereocenters. The van der Waals surface area contributed by atoms with Crippen molar-refractivity contribution in [2.24, 2.45) is 23.7 Å². The second-order valence-corrected chi connectivity index (χ2v) is 6.77. The topological polar surface area (TPSA) is 0 Å². The zero-order valence-corrected chi connectivity index (χ0v) is 10.2. The van der Waals surface area contributed by atoms with Gasteiger partial charge in [-0.1, -0.05) is 44.7 Å². The summed E-state index contributed by atoms with van der Waals surface area (Å²) in [4.78, 5) is 1.76. The summed E-state index contributed by atoms with van der Waals surface area (Å²) in [5, 5.41) is 0. The molecule has 0 nitrogen and oxygen atoms in total. The first kappa shape index (κ1) is 8.28. The Hall–Kier alpha value is 0.960. The fourth-order valence-electron chi connectivity index (χ4n) is 3.17. The van der Waals surface area contributed by atoms with E-state index in [0.717, 1.165) is 33.3 Å². The number of alkyl halides is 2. The first-order valence-electron chi connectivity index (χ1n) is 5.09. The minimum absolute atomic E-state index is 0.880. The second-order valence-electron chi connectivity index (χ2n) is 4.66. The average molecular weight is 294 g/mol. The van der Waals surface area contributed by atoms with Gasteiger partial charge in [-0.3, -0.25) is 0 Å². The van der Waals surface area contributed by atoms with Crippen LogP contribution in [0.4, 0.5) is 0 Å². The first-order chi connectivity index (χ1) is 5.80. The zero-order chi connectivity index (χ0) is 8.29. The third-order valence-electron chi connectivity index (χ3n) is 4.03. The van der Waals surface area contributed by atoms with Crippen LogP contribution < -0.4 is 0 Å². The van der Waals surface area contributed by atoms with Crippen LogP contribution in [-0.4, -0.2) is 9.65 Å². The van der Waals surface area contributed by atoms with E-state index < -0.39 is 0 Å². The molecule has 2 unspecified atom stereocenters. The molecule has 3 aliphatic rings. The molecule has 68 valence electrons. The standard InChI is InChI=1S/C10H14Br2/c11-9-5-3-1-2-4-6-8(7(5)9)10(6)12/h5-10H,1-4H2/t5-,6-,7-,8-,9?,10?/m1/s1. The third kappa shape index (κ3) is 1.06. The summed E-state index contributed by atoms with van der Waals surface area (Å²) in [6, 6.07) is 0. The van der Waals surface area contributed by atoms with Gasteiger partial charge in [-0.05, 0) is 36.5 Å². The highest BCUT2D eigenvalue weighted by molar-refractivity contribution is 9.10. The summed E-state index contributed by atoms with van der Waals surface area (Å²) in [5.74, 6) is 4.17. The molecular weight excluding hydrogens is 280 g/mol. The van der Waals surface area contributed by atoms with Gasteiger partial charge in [-0.2, -0.15) is 0 Å². The molecule has 0 aromatic rings. The smallest absolute Gasteiger partial charge is 0.0211 e. The highest BCUT2D eigenvalue weighted by Crippen LogP contribution is 2.66. The predicted molar refractivity (Wildman–Crippen MR) is 57.9 cm³/mol. The van der Waals surface area contributed by atoms with Crippen molar-refractivity contribution >= 4 is 31.9 Å². The minimum atomic E-state index is 0.880. The molecule has 0 saturated heterocycles. The van der Waals surface area contributed by atoms with Gasteiger partial charge in [0.15, 0.2) is 0 Å². The fourth-order valence-corrected chi connectivity index (χ4v) is 5.54. The molecule has 3 saturated carbocycles. The lowest BCUT2D eigenvalue weighted by Crippen LogP contribution is -1.94. The summed E-state index contributed by atoms with van der Waals surface area (Å²) in [5.41, 5.74) is 0. The molecule has 0 heterocycles. The maximum absolute atomic E-state index is 3.82. The van der Waals surface area contributed by atoms with Gasteiger partial charge in [0.25, 0.3) is 0 Å². The molecule has 0 bridgehead atoms. The molecule has 0 spiro atoms. The molecule has 0 aliphatic heterocycles. The highest BCUT2D eigenvalue weighted by atomic mass is 79.9. The van der Waals surface area contributed by atoms with Crippen LogP contribution in [-0.2, 0) is 0 Å². The number of rotatable bonds is 0. The summed E-state index contributed by atoms with van der Waals surface area (Å²) in [6.07, 6.45) is 5.94. The number of halogens is 2. The minimum Gasteiger partial charge on any atom is -0.0884 e. The SMILES string of the molecule is BrC1[C@H]2[C@@H]3C(Br)[C@@H]3CCCC[C@@H]12. The maximum atomic E-state index is 3.82. The molecule has 3 rings (SSSR count). The van der Waals surface area contributed by atoms with E-state index in [0.29, 0.717) is 0 Å². The van der Waals surface area contributed by atoms with Crippen molar-refractivity contribution in [1.29, 1.82) is 0 Å². The van der Waals surface area contributed by atoms with Gasteiger partial charge in [0.1, 0.15) is 0 Å². The Labute approximate surface area is 90.7 Å². The molecule has 3 aliphatic carbocycles.